The van der Waals surface area contributed by atoms with Crippen molar-refractivity contribution >= 4 is 0 Å². The van der Waals surface area contributed by atoms with E-state index in [0.29, 0.717) is 0 Å². The summed E-state index contributed by atoms with van der Waals surface area (Å²) in [5.41, 5.74) is 3.59. The highest BCUT2D eigenvalue weighted by Crippen LogP contribution is 2.05. The lowest BCUT2D eigenvalue weighted by Crippen LogP contribution is -2.19. The van der Waals surface area contributed by atoms with Gasteiger partial charge < -0.3 is 10.1 Å². The lowest BCUT2D eigenvalue weighted by molar-refractivity contribution is 0.136. The minimum Gasteiger partial charge on any atom is -0.380 e. The molecular weight excluding hydrogens is 236 g/mol. The number of nitrogens with one attached hydrogen (secondary N) is 1. The summed E-state index contributed by atoms with van der Waals surface area (Å²) in [7, 11) is 0. The van der Waals surface area contributed by atoms with Crippen LogP contribution < -0.4 is 5.32 Å². The molecule has 1 heterocycles. The van der Waals surface area contributed by atoms with E-state index in [9.17, 15) is 0 Å². The van der Waals surface area contributed by atoms with Crippen molar-refractivity contribution in [2.45, 2.75) is 54.0 Å². The summed E-state index contributed by atoms with van der Waals surface area (Å²) in [6.45, 7) is 13.9. The van der Waals surface area contributed by atoms with Crippen LogP contribution in [0.15, 0.2) is 12.3 Å². The van der Waals surface area contributed by atoms with Crippen LogP contribution in [0, 0.1) is 13.8 Å². The molecule has 0 saturated carbocycles. The molecule has 3 nitrogen and oxygen atoms in total. The van der Waals surface area contributed by atoms with E-state index in [2.05, 4.69) is 44.1 Å². The molecule has 0 radical (unpaired) electrons. The van der Waals surface area contributed by atoms with Crippen molar-refractivity contribution in [3.63, 3.8) is 0 Å². The van der Waals surface area contributed by atoms with Crippen molar-refractivity contribution in [2.75, 3.05) is 19.8 Å². The maximum absolute atomic E-state index is 5.39. The van der Waals surface area contributed by atoms with Crippen molar-refractivity contribution in [2.24, 2.45) is 0 Å². The Bertz CT molecular complexity index is 327. The minimum absolute atomic E-state index is 0.784. The largest absolute Gasteiger partial charge is 0.380 e. The quantitative estimate of drug-likeness (QED) is 0.765. The van der Waals surface area contributed by atoms with Gasteiger partial charge in [-0.25, -0.2) is 0 Å². The van der Waals surface area contributed by atoms with Gasteiger partial charge in [-0.2, -0.15) is 0 Å². The minimum atomic E-state index is 0.784. The monoisotopic (exact) mass is 266 g/mol. The topological polar surface area (TPSA) is 34.1 Å². The number of rotatable bonds is 7. The molecular formula is C16H30N2O. The summed E-state index contributed by atoms with van der Waals surface area (Å²) in [6, 6.07) is 2.18. The Kier molecular flexibility index (Phi) is 11.5. The molecule has 0 saturated heterocycles. The van der Waals surface area contributed by atoms with Gasteiger partial charge in [-0.1, -0.05) is 33.3 Å². The summed E-state index contributed by atoms with van der Waals surface area (Å²) in [4.78, 5) is 4.34. The highest BCUT2D eigenvalue weighted by atomic mass is 16.5. The van der Waals surface area contributed by atoms with Gasteiger partial charge in [-0.15, -0.1) is 0 Å². The van der Waals surface area contributed by atoms with E-state index in [-0.39, 0.29) is 0 Å². The Balaban J connectivity index is 0.000000982. The zero-order valence-corrected chi connectivity index (χ0v) is 13.3. The standard InChI is InChI=1S/C13H22N2O.C3H8/c1-4-6-16-7-5-14-9-13-8-11(2)12(3)15-10-13;1-3-2/h8,10,14H,4-7,9H2,1-3H3;3H2,1-2H3. The zero-order chi connectivity index (χ0) is 14.5. The highest BCUT2D eigenvalue weighted by molar-refractivity contribution is 5.22. The van der Waals surface area contributed by atoms with E-state index in [0.717, 1.165) is 38.4 Å². The average Bonchev–Trinajstić information content (AvgIpc) is 2.39. The number of ether oxygens (including phenoxy) is 1. The van der Waals surface area contributed by atoms with Crippen LogP contribution in [0.4, 0.5) is 0 Å². The second-order valence-corrected chi connectivity index (χ2v) is 4.74. The van der Waals surface area contributed by atoms with E-state index in [1.807, 2.05) is 13.1 Å². The lowest BCUT2D eigenvalue weighted by Gasteiger charge is -2.07. The second kappa shape index (κ2) is 12.1. The molecule has 110 valence electrons. The third-order valence-corrected chi connectivity index (χ3v) is 2.50. The lowest BCUT2D eigenvalue weighted by atomic mass is 10.1. The first-order chi connectivity index (χ1) is 9.15. The molecule has 3 heteroatoms. The molecule has 0 fully saturated rings. The molecule has 0 bridgehead atoms. The molecule has 0 amide bonds. The third-order valence-electron chi connectivity index (χ3n) is 2.50. The molecule has 0 aliphatic rings. The van der Waals surface area contributed by atoms with Gasteiger partial charge in [0.1, 0.15) is 0 Å². The fourth-order valence-corrected chi connectivity index (χ4v) is 1.42. The normalized spacial score (nSPS) is 9.95. The first-order valence-electron chi connectivity index (χ1n) is 7.36. The van der Waals surface area contributed by atoms with Gasteiger partial charge in [0.05, 0.1) is 6.61 Å². The summed E-state index contributed by atoms with van der Waals surface area (Å²) in [5.74, 6) is 0. The van der Waals surface area contributed by atoms with Crippen LogP contribution in [-0.4, -0.2) is 24.7 Å². The zero-order valence-electron chi connectivity index (χ0n) is 13.3. The van der Waals surface area contributed by atoms with E-state index < -0.39 is 0 Å². The summed E-state index contributed by atoms with van der Waals surface area (Å²) >= 11 is 0. The van der Waals surface area contributed by atoms with Crippen molar-refractivity contribution in [1.82, 2.24) is 10.3 Å². The predicted octanol–water partition coefficient (Wildman–Crippen LogP) is 3.63. The molecule has 0 atom stereocenters. The van der Waals surface area contributed by atoms with E-state index in [4.69, 9.17) is 4.74 Å². The Hall–Kier alpha value is -0.930. The third kappa shape index (κ3) is 9.62. The van der Waals surface area contributed by atoms with Crippen LogP contribution >= 0.6 is 0 Å². The summed E-state index contributed by atoms with van der Waals surface area (Å²) in [6.07, 6.45) is 4.27. The maximum atomic E-state index is 5.39. The molecule has 1 rings (SSSR count). The van der Waals surface area contributed by atoms with Crippen LogP contribution in [0.1, 0.15) is 50.4 Å². The Morgan fingerprint density at radius 2 is 1.84 bits per heavy atom. The molecule has 1 aromatic heterocycles. The molecule has 0 unspecified atom stereocenters. The number of pyridine rings is 1. The SMILES string of the molecule is CCC.CCCOCCNCc1cnc(C)c(C)c1. The van der Waals surface area contributed by atoms with Crippen molar-refractivity contribution < 1.29 is 4.74 Å². The van der Waals surface area contributed by atoms with Crippen LogP contribution in [0.2, 0.25) is 0 Å². The Morgan fingerprint density at radius 3 is 2.42 bits per heavy atom. The van der Waals surface area contributed by atoms with Crippen LogP contribution in [-0.2, 0) is 11.3 Å². The fraction of sp³-hybridized carbons (Fsp3) is 0.688. The number of aryl methyl sites for hydroxylation is 2. The molecule has 0 spiro atoms. The Labute approximate surface area is 118 Å². The first kappa shape index (κ1) is 18.1. The smallest absolute Gasteiger partial charge is 0.0591 e. The van der Waals surface area contributed by atoms with E-state index in [1.165, 1.54) is 17.5 Å². The van der Waals surface area contributed by atoms with Crippen LogP contribution in [0.3, 0.4) is 0 Å². The van der Waals surface area contributed by atoms with Gasteiger partial charge >= 0.3 is 0 Å². The number of aromatic nitrogens is 1. The number of nitrogens with zero attached hydrogens (tertiary/aromatic N) is 1. The predicted molar refractivity (Wildman–Crippen MR) is 82.5 cm³/mol. The summed E-state index contributed by atoms with van der Waals surface area (Å²) in [5, 5.41) is 3.34. The fourth-order valence-electron chi connectivity index (χ4n) is 1.42. The van der Waals surface area contributed by atoms with Gasteiger partial charge in [0.15, 0.2) is 0 Å². The maximum Gasteiger partial charge on any atom is 0.0591 e. The van der Waals surface area contributed by atoms with Crippen molar-refractivity contribution in [3.8, 4) is 0 Å². The van der Waals surface area contributed by atoms with Crippen molar-refractivity contribution in [1.29, 1.82) is 0 Å². The van der Waals surface area contributed by atoms with Gasteiger partial charge in [-0.05, 0) is 31.4 Å². The van der Waals surface area contributed by atoms with Crippen molar-refractivity contribution in [3.05, 3.63) is 29.1 Å². The Morgan fingerprint density at radius 1 is 1.16 bits per heavy atom. The van der Waals surface area contributed by atoms with Crippen LogP contribution in [0.5, 0.6) is 0 Å². The van der Waals surface area contributed by atoms with E-state index in [1.54, 1.807) is 0 Å². The molecule has 19 heavy (non-hydrogen) atoms. The number of hydrogen-bond donors (Lipinski definition) is 1. The van der Waals surface area contributed by atoms with Gasteiger partial charge in [0, 0.05) is 31.6 Å². The molecule has 0 aromatic carbocycles. The number of hydrogen-bond acceptors (Lipinski definition) is 3. The molecule has 0 aliphatic heterocycles. The van der Waals surface area contributed by atoms with E-state index >= 15 is 0 Å². The molecule has 0 aliphatic carbocycles. The van der Waals surface area contributed by atoms with Gasteiger partial charge in [-0.3, -0.25) is 4.98 Å². The second-order valence-electron chi connectivity index (χ2n) is 4.74. The first-order valence-corrected chi connectivity index (χ1v) is 7.36. The van der Waals surface area contributed by atoms with Crippen LogP contribution in [0.25, 0.3) is 0 Å². The van der Waals surface area contributed by atoms with Gasteiger partial charge in [0.2, 0.25) is 0 Å². The van der Waals surface area contributed by atoms with Gasteiger partial charge in [0.25, 0.3) is 0 Å². The molecule has 1 N–H and O–H groups in total. The summed E-state index contributed by atoms with van der Waals surface area (Å²) < 4.78 is 5.39. The average molecular weight is 266 g/mol. The highest BCUT2D eigenvalue weighted by Gasteiger charge is 1.97. The molecule has 1 aromatic rings.